The minimum absolute atomic E-state index is 0.0143. The zero-order chi connectivity index (χ0) is 21.8. The number of pyridine rings is 1. The minimum atomic E-state index is -4.62. The molecule has 11 heteroatoms. The Labute approximate surface area is 179 Å². The SMILES string of the molecule is FC(F)(F)c1cc(NCCc2nc(-c3ccc(Cl)cc3)no2)nc(-c2ccccn2)n1. The molecule has 31 heavy (non-hydrogen) atoms. The van der Waals surface area contributed by atoms with Crippen molar-refractivity contribution < 1.29 is 17.7 Å². The number of rotatable bonds is 6. The van der Waals surface area contributed by atoms with Gasteiger partial charge in [0.1, 0.15) is 11.5 Å². The smallest absolute Gasteiger partial charge is 0.369 e. The first-order valence-corrected chi connectivity index (χ1v) is 9.46. The van der Waals surface area contributed by atoms with Gasteiger partial charge >= 0.3 is 6.18 Å². The van der Waals surface area contributed by atoms with Gasteiger partial charge in [-0.3, -0.25) is 4.98 Å². The van der Waals surface area contributed by atoms with Gasteiger partial charge in [-0.2, -0.15) is 18.2 Å². The van der Waals surface area contributed by atoms with Crippen LogP contribution in [0, 0.1) is 0 Å². The predicted molar refractivity (Wildman–Crippen MR) is 107 cm³/mol. The number of benzene rings is 1. The molecule has 3 aromatic heterocycles. The van der Waals surface area contributed by atoms with Crippen molar-refractivity contribution in [2.75, 3.05) is 11.9 Å². The monoisotopic (exact) mass is 446 g/mol. The van der Waals surface area contributed by atoms with Gasteiger partial charge in [-0.1, -0.05) is 22.8 Å². The maximum absolute atomic E-state index is 13.3. The zero-order valence-corrected chi connectivity index (χ0v) is 16.5. The summed E-state index contributed by atoms with van der Waals surface area (Å²) in [5, 5.41) is 7.34. The van der Waals surface area contributed by atoms with Gasteiger partial charge in [0.2, 0.25) is 11.7 Å². The minimum Gasteiger partial charge on any atom is -0.369 e. The van der Waals surface area contributed by atoms with E-state index in [-0.39, 0.29) is 30.3 Å². The fourth-order valence-electron chi connectivity index (χ4n) is 2.66. The van der Waals surface area contributed by atoms with Crippen LogP contribution in [0.25, 0.3) is 22.9 Å². The van der Waals surface area contributed by atoms with Crippen LogP contribution < -0.4 is 5.32 Å². The molecule has 3 heterocycles. The van der Waals surface area contributed by atoms with E-state index in [0.29, 0.717) is 16.7 Å². The second-order valence-corrected chi connectivity index (χ2v) is 6.81. The fraction of sp³-hybridized carbons (Fsp3) is 0.150. The molecule has 0 bridgehead atoms. The summed E-state index contributed by atoms with van der Waals surface area (Å²) in [4.78, 5) is 16.0. The van der Waals surface area contributed by atoms with Gasteiger partial charge in [-0.25, -0.2) is 9.97 Å². The summed E-state index contributed by atoms with van der Waals surface area (Å²) in [5.41, 5.74) is -0.0902. The number of alkyl halides is 3. The lowest BCUT2D eigenvalue weighted by atomic mass is 10.2. The molecule has 0 aliphatic carbocycles. The van der Waals surface area contributed by atoms with Crippen LogP contribution >= 0.6 is 11.6 Å². The van der Waals surface area contributed by atoms with E-state index < -0.39 is 11.9 Å². The summed E-state index contributed by atoms with van der Waals surface area (Å²) >= 11 is 5.86. The first-order chi connectivity index (χ1) is 14.9. The van der Waals surface area contributed by atoms with Crippen molar-refractivity contribution in [1.29, 1.82) is 0 Å². The van der Waals surface area contributed by atoms with E-state index in [1.165, 1.54) is 12.3 Å². The van der Waals surface area contributed by atoms with E-state index in [1.54, 1.807) is 36.4 Å². The van der Waals surface area contributed by atoms with Gasteiger partial charge in [0.15, 0.2) is 11.5 Å². The van der Waals surface area contributed by atoms with Crippen molar-refractivity contribution in [3.63, 3.8) is 0 Å². The molecular weight excluding hydrogens is 433 g/mol. The zero-order valence-electron chi connectivity index (χ0n) is 15.8. The normalized spacial score (nSPS) is 11.5. The Morgan fingerprint density at radius 1 is 0.968 bits per heavy atom. The molecular formula is C20H14ClF3N6O. The molecule has 0 saturated carbocycles. The Balaban J connectivity index is 1.48. The Bertz CT molecular complexity index is 1170. The molecule has 4 rings (SSSR count). The molecule has 0 fully saturated rings. The van der Waals surface area contributed by atoms with Crippen LogP contribution in [0.5, 0.6) is 0 Å². The van der Waals surface area contributed by atoms with Crippen molar-refractivity contribution in [2.45, 2.75) is 12.6 Å². The number of anilines is 1. The standard InChI is InChI=1S/C20H14ClF3N6O/c21-13-6-4-12(5-7-13)18-29-17(31-30-18)8-10-26-16-11-15(20(22,23)24)27-19(28-16)14-3-1-2-9-25-14/h1-7,9,11H,8,10H2,(H,26,27,28). The Morgan fingerprint density at radius 2 is 1.77 bits per heavy atom. The predicted octanol–water partition coefficient (Wildman–Crippen LogP) is 4.92. The highest BCUT2D eigenvalue weighted by Gasteiger charge is 2.34. The molecule has 0 aliphatic rings. The molecule has 0 aliphatic heterocycles. The number of hydrogen-bond acceptors (Lipinski definition) is 7. The summed E-state index contributed by atoms with van der Waals surface area (Å²) in [5.74, 6) is 0.610. The first-order valence-electron chi connectivity index (χ1n) is 9.08. The molecule has 7 nitrogen and oxygen atoms in total. The van der Waals surface area contributed by atoms with E-state index in [0.717, 1.165) is 11.6 Å². The van der Waals surface area contributed by atoms with Crippen molar-refractivity contribution >= 4 is 17.4 Å². The second kappa shape index (κ2) is 8.68. The largest absolute Gasteiger partial charge is 0.433 e. The van der Waals surface area contributed by atoms with Crippen LogP contribution in [0.15, 0.2) is 59.3 Å². The molecule has 0 saturated heterocycles. The van der Waals surface area contributed by atoms with Crippen LogP contribution in [0.2, 0.25) is 5.02 Å². The van der Waals surface area contributed by atoms with E-state index in [2.05, 4.69) is 30.4 Å². The molecule has 0 unspecified atom stereocenters. The third-order valence-corrected chi connectivity index (χ3v) is 4.38. The van der Waals surface area contributed by atoms with E-state index in [4.69, 9.17) is 16.1 Å². The molecule has 158 valence electrons. The van der Waals surface area contributed by atoms with Crippen molar-refractivity contribution in [3.8, 4) is 22.9 Å². The van der Waals surface area contributed by atoms with Crippen molar-refractivity contribution in [3.05, 3.63) is 71.3 Å². The number of aromatic nitrogens is 5. The third-order valence-electron chi connectivity index (χ3n) is 4.13. The number of nitrogens with zero attached hydrogens (tertiary/aromatic N) is 5. The summed E-state index contributed by atoms with van der Waals surface area (Å²) in [6.45, 7) is 0.220. The van der Waals surface area contributed by atoms with Crippen LogP contribution in [-0.4, -0.2) is 31.6 Å². The molecule has 0 atom stereocenters. The highest BCUT2D eigenvalue weighted by Crippen LogP contribution is 2.30. The average Bonchev–Trinajstić information content (AvgIpc) is 3.23. The van der Waals surface area contributed by atoms with E-state index in [9.17, 15) is 13.2 Å². The third kappa shape index (κ3) is 5.15. The number of halogens is 4. The highest BCUT2D eigenvalue weighted by atomic mass is 35.5. The lowest BCUT2D eigenvalue weighted by molar-refractivity contribution is -0.141. The van der Waals surface area contributed by atoms with E-state index >= 15 is 0 Å². The second-order valence-electron chi connectivity index (χ2n) is 6.37. The maximum Gasteiger partial charge on any atom is 0.433 e. The average molecular weight is 447 g/mol. The first kappa shape index (κ1) is 20.7. The van der Waals surface area contributed by atoms with Crippen LogP contribution in [0.4, 0.5) is 19.0 Å². The fourth-order valence-corrected chi connectivity index (χ4v) is 2.79. The molecule has 1 N–H and O–H groups in total. The number of hydrogen-bond donors (Lipinski definition) is 1. The lowest BCUT2D eigenvalue weighted by Crippen LogP contribution is -2.13. The topological polar surface area (TPSA) is 89.6 Å². The summed E-state index contributed by atoms with van der Waals surface area (Å²) in [6.07, 6.45) is -2.88. The Morgan fingerprint density at radius 3 is 2.48 bits per heavy atom. The molecule has 4 aromatic rings. The Kier molecular flexibility index (Phi) is 5.81. The number of nitrogens with one attached hydrogen (secondary N) is 1. The van der Waals surface area contributed by atoms with Gasteiger partial charge in [-0.15, -0.1) is 0 Å². The highest BCUT2D eigenvalue weighted by molar-refractivity contribution is 6.30. The molecule has 0 spiro atoms. The Hall–Kier alpha value is -3.53. The maximum atomic E-state index is 13.3. The van der Waals surface area contributed by atoms with Crippen molar-refractivity contribution in [2.24, 2.45) is 0 Å². The van der Waals surface area contributed by atoms with Crippen LogP contribution in [0.3, 0.4) is 0 Å². The molecule has 0 radical (unpaired) electrons. The van der Waals surface area contributed by atoms with Gasteiger partial charge in [-0.05, 0) is 36.4 Å². The summed E-state index contributed by atoms with van der Waals surface area (Å²) in [6, 6.07) is 12.6. The van der Waals surface area contributed by atoms with Gasteiger partial charge < -0.3 is 9.84 Å². The van der Waals surface area contributed by atoms with Crippen molar-refractivity contribution in [1.82, 2.24) is 25.1 Å². The summed E-state index contributed by atoms with van der Waals surface area (Å²) in [7, 11) is 0. The summed E-state index contributed by atoms with van der Waals surface area (Å²) < 4.78 is 45.0. The van der Waals surface area contributed by atoms with Gasteiger partial charge in [0.05, 0.1) is 0 Å². The lowest BCUT2D eigenvalue weighted by Gasteiger charge is -2.11. The van der Waals surface area contributed by atoms with Gasteiger partial charge in [0.25, 0.3) is 0 Å². The molecule has 1 aromatic carbocycles. The van der Waals surface area contributed by atoms with Crippen LogP contribution in [-0.2, 0) is 12.6 Å². The molecule has 0 amide bonds. The quantitative estimate of drug-likeness (QED) is 0.449. The van der Waals surface area contributed by atoms with E-state index in [1.807, 2.05) is 0 Å². The van der Waals surface area contributed by atoms with Gasteiger partial charge in [0, 0.05) is 35.8 Å². The van der Waals surface area contributed by atoms with Crippen LogP contribution in [0.1, 0.15) is 11.6 Å².